The van der Waals surface area contributed by atoms with Gasteiger partial charge in [0, 0.05) is 18.4 Å². The van der Waals surface area contributed by atoms with Gasteiger partial charge in [-0.3, -0.25) is 0 Å². The van der Waals surface area contributed by atoms with Crippen molar-refractivity contribution < 1.29 is 4.42 Å². The van der Waals surface area contributed by atoms with Gasteiger partial charge in [-0.05, 0) is 35.2 Å². The Labute approximate surface area is 128 Å². The molecule has 0 amide bonds. The molecule has 0 aliphatic carbocycles. The van der Waals surface area contributed by atoms with E-state index in [1.807, 2.05) is 24.3 Å². The van der Waals surface area contributed by atoms with E-state index in [1.54, 1.807) is 6.92 Å². The van der Waals surface area contributed by atoms with Crippen LogP contribution in [0.1, 0.15) is 17.3 Å². The van der Waals surface area contributed by atoms with E-state index in [0.29, 0.717) is 11.8 Å². The molecule has 0 spiro atoms. The van der Waals surface area contributed by atoms with E-state index in [-0.39, 0.29) is 0 Å². The van der Waals surface area contributed by atoms with E-state index in [9.17, 15) is 0 Å². The number of rotatable bonds is 4. The van der Waals surface area contributed by atoms with Crippen LogP contribution in [0, 0.1) is 6.92 Å². The molecule has 0 fully saturated rings. The molecule has 1 heterocycles. The quantitative estimate of drug-likeness (QED) is 0.712. The third-order valence-corrected chi connectivity index (χ3v) is 3.55. The molecule has 3 nitrogen and oxygen atoms in total. The molecule has 0 N–H and O–H groups in total. The summed E-state index contributed by atoms with van der Waals surface area (Å²) in [7, 11) is 0. The molecule has 3 rings (SSSR count). The summed E-state index contributed by atoms with van der Waals surface area (Å²) < 4.78 is 5.40. The van der Waals surface area contributed by atoms with Gasteiger partial charge in [0.25, 0.3) is 0 Å². The van der Waals surface area contributed by atoms with Crippen LogP contribution in [0.2, 0.25) is 5.02 Å². The smallest absolute Gasteiger partial charge is 0.216 e. The van der Waals surface area contributed by atoms with Crippen LogP contribution in [0.25, 0.3) is 11.1 Å². The SMILES string of the molecule is Cc1nnc(CCc2cccc(-c3ccc(Cl)cc3)c2)o1. The van der Waals surface area contributed by atoms with Crippen LogP contribution in [0.3, 0.4) is 0 Å². The molecule has 0 atom stereocenters. The molecule has 0 saturated heterocycles. The van der Waals surface area contributed by atoms with Crippen molar-refractivity contribution in [1.82, 2.24) is 10.2 Å². The number of halogens is 1. The summed E-state index contributed by atoms with van der Waals surface area (Å²) in [6.45, 7) is 1.80. The van der Waals surface area contributed by atoms with Crippen LogP contribution >= 0.6 is 11.6 Å². The minimum Gasteiger partial charge on any atom is -0.426 e. The van der Waals surface area contributed by atoms with Gasteiger partial charge >= 0.3 is 0 Å². The Morgan fingerprint density at radius 3 is 2.48 bits per heavy atom. The molecular weight excluding hydrogens is 284 g/mol. The molecule has 0 bridgehead atoms. The van der Waals surface area contributed by atoms with E-state index in [4.69, 9.17) is 16.0 Å². The lowest BCUT2D eigenvalue weighted by Gasteiger charge is -2.05. The van der Waals surface area contributed by atoms with Crippen molar-refractivity contribution in [2.45, 2.75) is 19.8 Å². The van der Waals surface area contributed by atoms with Crippen molar-refractivity contribution in [3.05, 3.63) is 70.9 Å². The maximum Gasteiger partial charge on any atom is 0.216 e. The first-order valence-electron chi connectivity index (χ1n) is 6.84. The summed E-state index contributed by atoms with van der Waals surface area (Å²) >= 11 is 5.93. The number of nitrogens with zero attached hydrogens (tertiary/aromatic N) is 2. The van der Waals surface area contributed by atoms with Crippen molar-refractivity contribution >= 4 is 11.6 Å². The van der Waals surface area contributed by atoms with Crippen LogP contribution in [0.15, 0.2) is 52.9 Å². The highest BCUT2D eigenvalue weighted by Gasteiger charge is 2.04. The van der Waals surface area contributed by atoms with E-state index in [1.165, 1.54) is 11.1 Å². The molecule has 0 unspecified atom stereocenters. The third-order valence-electron chi connectivity index (χ3n) is 3.30. The molecule has 0 saturated carbocycles. The molecule has 2 aromatic carbocycles. The Morgan fingerprint density at radius 2 is 1.76 bits per heavy atom. The fraction of sp³-hybridized carbons (Fsp3) is 0.176. The number of aromatic nitrogens is 2. The Kier molecular flexibility index (Phi) is 4.02. The Hall–Kier alpha value is -2.13. The lowest BCUT2D eigenvalue weighted by Crippen LogP contribution is -1.92. The first-order valence-corrected chi connectivity index (χ1v) is 7.22. The lowest BCUT2D eigenvalue weighted by atomic mass is 10.0. The van der Waals surface area contributed by atoms with Gasteiger partial charge in [-0.2, -0.15) is 0 Å². The largest absolute Gasteiger partial charge is 0.426 e. The first kappa shape index (κ1) is 13.8. The van der Waals surface area contributed by atoms with Crippen molar-refractivity contribution in [3.63, 3.8) is 0 Å². The highest BCUT2D eigenvalue weighted by Crippen LogP contribution is 2.23. The molecule has 0 aliphatic rings. The molecule has 3 aromatic rings. The summed E-state index contributed by atoms with van der Waals surface area (Å²) in [5.41, 5.74) is 3.60. The molecule has 0 radical (unpaired) electrons. The Balaban J connectivity index is 1.75. The van der Waals surface area contributed by atoms with Gasteiger partial charge in [0.2, 0.25) is 11.8 Å². The highest BCUT2D eigenvalue weighted by molar-refractivity contribution is 6.30. The molecule has 21 heavy (non-hydrogen) atoms. The van der Waals surface area contributed by atoms with E-state index in [0.717, 1.165) is 23.4 Å². The number of aryl methyl sites for hydroxylation is 3. The fourth-order valence-electron chi connectivity index (χ4n) is 2.24. The van der Waals surface area contributed by atoms with Gasteiger partial charge in [0.05, 0.1) is 0 Å². The van der Waals surface area contributed by atoms with E-state index in [2.05, 4.69) is 34.5 Å². The Morgan fingerprint density at radius 1 is 0.952 bits per heavy atom. The standard InChI is InChI=1S/C17H15ClN2O/c1-12-19-20-17(21-12)10-5-13-3-2-4-15(11-13)14-6-8-16(18)9-7-14/h2-4,6-9,11H,5,10H2,1H3. The number of benzene rings is 2. The molecule has 0 aliphatic heterocycles. The van der Waals surface area contributed by atoms with Crippen LogP contribution in [0.4, 0.5) is 0 Å². The zero-order chi connectivity index (χ0) is 14.7. The summed E-state index contributed by atoms with van der Waals surface area (Å²) in [5, 5.41) is 8.61. The molecule has 106 valence electrons. The number of hydrogen-bond acceptors (Lipinski definition) is 3. The zero-order valence-corrected chi connectivity index (χ0v) is 12.5. The second-order valence-electron chi connectivity index (χ2n) is 4.92. The predicted molar refractivity (Wildman–Crippen MR) is 83.3 cm³/mol. The van der Waals surface area contributed by atoms with Gasteiger partial charge in [0.15, 0.2) is 0 Å². The summed E-state index contributed by atoms with van der Waals surface area (Å²) in [5.74, 6) is 1.30. The maximum absolute atomic E-state index is 5.93. The monoisotopic (exact) mass is 298 g/mol. The minimum atomic E-state index is 0.611. The summed E-state index contributed by atoms with van der Waals surface area (Å²) in [6.07, 6.45) is 1.63. The van der Waals surface area contributed by atoms with Gasteiger partial charge in [0.1, 0.15) is 0 Å². The minimum absolute atomic E-state index is 0.611. The van der Waals surface area contributed by atoms with Crippen LogP contribution < -0.4 is 0 Å². The maximum atomic E-state index is 5.93. The van der Waals surface area contributed by atoms with Crippen molar-refractivity contribution in [2.75, 3.05) is 0 Å². The van der Waals surface area contributed by atoms with Gasteiger partial charge < -0.3 is 4.42 Å². The van der Waals surface area contributed by atoms with Crippen molar-refractivity contribution in [2.24, 2.45) is 0 Å². The second-order valence-corrected chi connectivity index (χ2v) is 5.36. The fourth-order valence-corrected chi connectivity index (χ4v) is 2.36. The highest BCUT2D eigenvalue weighted by atomic mass is 35.5. The number of hydrogen-bond donors (Lipinski definition) is 0. The van der Waals surface area contributed by atoms with Gasteiger partial charge in [-0.1, -0.05) is 48.0 Å². The normalized spacial score (nSPS) is 10.8. The average molecular weight is 299 g/mol. The van der Waals surface area contributed by atoms with Crippen molar-refractivity contribution in [3.8, 4) is 11.1 Å². The summed E-state index contributed by atoms with van der Waals surface area (Å²) in [6, 6.07) is 16.3. The van der Waals surface area contributed by atoms with E-state index < -0.39 is 0 Å². The first-order chi connectivity index (χ1) is 10.2. The van der Waals surface area contributed by atoms with Gasteiger partial charge in [-0.25, -0.2) is 0 Å². The summed E-state index contributed by atoms with van der Waals surface area (Å²) in [4.78, 5) is 0. The predicted octanol–water partition coefficient (Wildman–Crippen LogP) is 4.48. The van der Waals surface area contributed by atoms with Crippen LogP contribution in [0.5, 0.6) is 0 Å². The van der Waals surface area contributed by atoms with Crippen LogP contribution in [-0.4, -0.2) is 10.2 Å². The second kappa shape index (κ2) is 6.10. The molecular formula is C17H15ClN2O. The lowest BCUT2D eigenvalue weighted by molar-refractivity contribution is 0.467. The van der Waals surface area contributed by atoms with Gasteiger partial charge in [-0.15, -0.1) is 10.2 Å². The topological polar surface area (TPSA) is 38.9 Å². The van der Waals surface area contributed by atoms with Crippen molar-refractivity contribution in [1.29, 1.82) is 0 Å². The average Bonchev–Trinajstić information content (AvgIpc) is 2.92. The molecule has 4 heteroatoms. The zero-order valence-electron chi connectivity index (χ0n) is 11.7. The third kappa shape index (κ3) is 3.50. The molecule has 1 aromatic heterocycles. The van der Waals surface area contributed by atoms with E-state index >= 15 is 0 Å². The van der Waals surface area contributed by atoms with Crippen LogP contribution in [-0.2, 0) is 12.8 Å². The Bertz CT molecular complexity index is 735.